The van der Waals surface area contributed by atoms with E-state index in [4.69, 9.17) is 4.74 Å². The second-order valence-electron chi connectivity index (χ2n) is 3.92. The van der Waals surface area contributed by atoms with Gasteiger partial charge in [-0.2, -0.15) is 8.42 Å². The minimum Gasteiger partial charge on any atom is -0.465 e. The van der Waals surface area contributed by atoms with E-state index in [0.29, 0.717) is 0 Å². The van der Waals surface area contributed by atoms with Gasteiger partial charge >= 0.3 is 5.97 Å². The summed E-state index contributed by atoms with van der Waals surface area (Å²) in [6, 6.07) is 0. The van der Waals surface area contributed by atoms with Crippen LogP contribution >= 0.6 is 0 Å². The van der Waals surface area contributed by atoms with Crippen molar-refractivity contribution in [3.05, 3.63) is 0 Å². The fourth-order valence-corrected chi connectivity index (χ4v) is 1.18. The lowest BCUT2D eigenvalue weighted by molar-refractivity contribution is -0.147. The fourth-order valence-electron chi connectivity index (χ4n) is 0.772. The quantitative estimate of drug-likeness (QED) is 0.504. The van der Waals surface area contributed by atoms with Crippen molar-refractivity contribution in [2.24, 2.45) is 5.92 Å². The number of carbonyl (C=O) groups excluding carboxylic acids is 1. The number of hydrogen-bond acceptors (Lipinski definition) is 6. The van der Waals surface area contributed by atoms with E-state index in [2.05, 4.69) is 4.18 Å². The van der Waals surface area contributed by atoms with Crippen molar-refractivity contribution in [1.29, 1.82) is 0 Å². The first-order chi connectivity index (χ1) is 7.20. The Balaban J connectivity index is 3.79. The van der Waals surface area contributed by atoms with Gasteiger partial charge in [-0.05, 0) is 5.92 Å². The molecule has 0 aliphatic heterocycles. The minimum absolute atomic E-state index is 0.216. The SMILES string of the molecule is CC(C)COC(=O)C[C@H](O)COS(C)(=O)=O. The summed E-state index contributed by atoms with van der Waals surface area (Å²) in [7, 11) is -3.59. The second-order valence-corrected chi connectivity index (χ2v) is 5.57. The lowest BCUT2D eigenvalue weighted by Crippen LogP contribution is -2.23. The molecule has 0 aromatic heterocycles. The van der Waals surface area contributed by atoms with Crippen molar-refractivity contribution in [3.8, 4) is 0 Å². The number of rotatable bonds is 7. The van der Waals surface area contributed by atoms with Crippen LogP contribution in [0.15, 0.2) is 0 Å². The summed E-state index contributed by atoms with van der Waals surface area (Å²) in [4.78, 5) is 11.1. The highest BCUT2D eigenvalue weighted by atomic mass is 32.2. The smallest absolute Gasteiger partial charge is 0.308 e. The van der Waals surface area contributed by atoms with Gasteiger partial charge in [-0.15, -0.1) is 0 Å². The van der Waals surface area contributed by atoms with Crippen LogP contribution in [0.3, 0.4) is 0 Å². The van der Waals surface area contributed by atoms with E-state index in [1.165, 1.54) is 0 Å². The van der Waals surface area contributed by atoms with Gasteiger partial charge in [-0.25, -0.2) is 0 Å². The van der Waals surface area contributed by atoms with Crippen molar-refractivity contribution in [1.82, 2.24) is 0 Å². The molecule has 0 saturated heterocycles. The molecule has 0 saturated carbocycles. The van der Waals surface area contributed by atoms with Crippen LogP contribution in [0.2, 0.25) is 0 Å². The molecule has 0 aliphatic rings. The maximum Gasteiger partial charge on any atom is 0.308 e. The Kier molecular flexibility index (Phi) is 6.54. The number of ether oxygens (including phenoxy) is 1. The van der Waals surface area contributed by atoms with Crippen LogP contribution < -0.4 is 0 Å². The van der Waals surface area contributed by atoms with Crippen molar-refractivity contribution >= 4 is 16.1 Å². The highest BCUT2D eigenvalue weighted by molar-refractivity contribution is 7.85. The molecule has 0 unspecified atom stereocenters. The molecule has 0 aromatic rings. The summed E-state index contributed by atoms with van der Waals surface area (Å²) in [6.45, 7) is 3.61. The van der Waals surface area contributed by atoms with Crippen molar-refractivity contribution in [3.63, 3.8) is 0 Å². The van der Waals surface area contributed by atoms with Crippen LogP contribution in [0.25, 0.3) is 0 Å². The number of aliphatic hydroxyl groups is 1. The molecule has 0 radical (unpaired) electrons. The molecule has 0 bridgehead atoms. The molecule has 0 aliphatic carbocycles. The Morgan fingerprint density at radius 1 is 1.31 bits per heavy atom. The number of carbonyl (C=O) groups is 1. The maximum absolute atomic E-state index is 11.1. The summed E-state index contributed by atoms with van der Waals surface area (Å²) >= 11 is 0. The van der Waals surface area contributed by atoms with Gasteiger partial charge in [-0.3, -0.25) is 8.98 Å². The highest BCUT2D eigenvalue weighted by Crippen LogP contribution is 2.00. The molecule has 1 atom stereocenters. The molecule has 0 spiro atoms. The van der Waals surface area contributed by atoms with Gasteiger partial charge < -0.3 is 9.84 Å². The van der Waals surface area contributed by atoms with Gasteiger partial charge in [0.05, 0.1) is 32.0 Å². The Bertz CT molecular complexity index is 308. The monoisotopic (exact) mass is 254 g/mol. The second kappa shape index (κ2) is 6.82. The van der Waals surface area contributed by atoms with E-state index >= 15 is 0 Å². The minimum atomic E-state index is -3.59. The molecule has 0 rings (SSSR count). The van der Waals surface area contributed by atoms with Gasteiger partial charge in [0, 0.05) is 0 Å². The molecule has 1 N–H and O–H groups in total. The lowest BCUT2D eigenvalue weighted by Gasteiger charge is -2.11. The molecule has 0 aromatic carbocycles. The molecular weight excluding hydrogens is 236 g/mol. The van der Waals surface area contributed by atoms with Gasteiger partial charge in [0.25, 0.3) is 10.1 Å². The average molecular weight is 254 g/mol. The summed E-state index contributed by atoms with van der Waals surface area (Å²) < 4.78 is 30.3. The van der Waals surface area contributed by atoms with Crippen LogP contribution in [0, 0.1) is 5.92 Å². The van der Waals surface area contributed by atoms with E-state index in [1.54, 1.807) is 0 Å². The molecule has 0 heterocycles. The zero-order valence-electron chi connectivity index (χ0n) is 9.67. The van der Waals surface area contributed by atoms with Gasteiger partial charge in [0.2, 0.25) is 0 Å². The van der Waals surface area contributed by atoms with E-state index in [1.807, 2.05) is 13.8 Å². The largest absolute Gasteiger partial charge is 0.465 e. The summed E-state index contributed by atoms with van der Waals surface area (Å²) in [5.74, 6) is -0.355. The number of esters is 1. The normalized spacial score (nSPS) is 13.8. The molecule has 0 fully saturated rings. The predicted octanol–water partition coefficient (Wildman–Crippen LogP) is -0.0872. The van der Waals surface area contributed by atoms with Crippen LogP contribution in [0.5, 0.6) is 0 Å². The number of aliphatic hydroxyl groups excluding tert-OH is 1. The highest BCUT2D eigenvalue weighted by Gasteiger charge is 2.15. The fraction of sp³-hybridized carbons (Fsp3) is 0.889. The molecule has 7 heteroatoms. The first-order valence-electron chi connectivity index (χ1n) is 4.89. The first-order valence-corrected chi connectivity index (χ1v) is 6.70. The summed E-state index contributed by atoms with van der Waals surface area (Å²) in [5.41, 5.74) is 0. The Hall–Kier alpha value is -0.660. The predicted molar refractivity (Wildman–Crippen MR) is 57.2 cm³/mol. The van der Waals surface area contributed by atoms with Crippen molar-refractivity contribution < 1.29 is 27.2 Å². The average Bonchev–Trinajstić information content (AvgIpc) is 2.10. The third-order valence-corrected chi connectivity index (χ3v) is 2.02. The Morgan fingerprint density at radius 2 is 1.88 bits per heavy atom. The lowest BCUT2D eigenvalue weighted by atomic mass is 10.2. The van der Waals surface area contributed by atoms with Crippen LogP contribution in [0.1, 0.15) is 20.3 Å². The van der Waals surface area contributed by atoms with E-state index in [0.717, 1.165) is 6.26 Å². The van der Waals surface area contributed by atoms with E-state index in [9.17, 15) is 18.3 Å². The van der Waals surface area contributed by atoms with Gasteiger partial charge in [0.1, 0.15) is 0 Å². The van der Waals surface area contributed by atoms with Gasteiger partial charge in [-0.1, -0.05) is 13.8 Å². The van der Waals surface area contributed by atoms with E-state index in [-0.39, 0.29) is 18.9 Å². The number of hydrogen-bond donors (Lipinski definition) is 1. The van der Waals surface area contributed by atoms with Crippen molar-refractivity contribution in [2.45, 2.75) is 26.4 Å². The Morgan fingerprint density at radius 3 is 2.31 bits per heavy atom. The summed E-state index contributed by atoms with van der Waals surface area (Å²) in [5, 5.41) is 9.26. The molecular formula is C9H18O6S. The standard InChI is InChI=1S/C9H18O6S/c1-7(2)5-14-9(11)4-8(10)6-15-16(3,12)13/h7-8,10H,4-6H2,1-3H3/t8-/m0/s1. The zero-order chi connectivity index (χ0) is 12.8. The first kappa shape index (κ1) is 15.3. The molecule has 96 valence electrons. The topological polar surface area (TPSA) is 89.9 Å². The molecule has 0 amide bonds. The van der Waals surface area contributed by atoms with Crippen LogP contribution in [-0.4, -0.2) is 45.1 Å². The third kappa shape index (κ3) is 9.88. The maximum atomic E-state index is 11.1. The van der Waals surface area contributed by atoms with Crippen molar-refractivity contribution in [2.75, 3.05) is 19.5 Å². The van der Waals surface area contributed by atoms with Gasteiger partial charge in [0.15, 0.2) is 0 Å². The third-order valence-electron chi connectivity index (χ3n) is 1.45. The Labute approximate surface area is 95.7 Å². The summed E-state index contributed by atoms with van der Waals surface area (Å²) in [6.07, 6.45) is -0.576. The van der Waals surface area contributed by atoms with Crippen LogP contribution in [0.4, 0.5) is 0 Å². The molecule has 16 heavy (non-hydrogen) atoms. The van der Waals surface area contributed by atoms with Crippen LogP contribution in [-0.2, 0) is 23.8 Å². The van der Waals surface area contributed by atoms with E-state index < -0.39 is 28.8 Å². The zero-order valence-corrected chi connectivity index (χ0v) is 10.5. The molecule has 6 nitrogen and oxygen atoms in total.